The molecule has 0 aromatic heterocycles. The summed E-state index contributed by atoms with van der Waals surface area (Å²) in [5.41, 5.74) is 1.81. The minimum absolute atomic E-state index is 0.00464. The van der Waals surface area contributed by atoms with Crippen LogP contribution in [0.25, 0.3) is 0 Å². The van der Waals surface area contributed by atoms with Crippen molar-refractivity contribution in [2.45, 2.75) is 33.0 Å². The molecule has 1 N–H and O–H groups in total. The van der Waals surface area contributed by atoms with Crippen LogP contribution in [0.5, 0.6) is 0 Å². The van der Waals surface area contributed by atoms with Gasteiger partial charge < -0.3 is 19.5 Å². The summed E-state index contributed by atoms with van der Waals surface area (Å²) in [6.45, 7) is 10.4. The van der Waals surface area contributed by atoms with Gasteiger partial charge in [-0.25, -0.2) is 0 Å². The highest BCUT2D eigenvalue weighted by atomic mass is 16.5. The molecule has 2 atom stereocenters. The molecule has 0 unspecified atom stereocenters. The van der Waals surface area contributed by atoms with E-state index in [0.29, 0.717) is 45.0 Å². The Labute approximate surface area is 163 Å². The summed E-state index contributed by atoms with van der Waals surface area (Å²) in [6.07, 6.45) is -0.410. The molecule has 1 aliphatic heterocycles. The standard InChI is InChI=1S/C21H34N2O4/c1-16(2)20(24)15-22-9-12-27-19(13-22)14-23(10-11-26-4)21(25)18-7-5-17(3)6-8-18/h5-8,16,19-20,24H,9-15H2,1-4H3/t19-,20-/m0/s1. The third-order valence-corrected chi connectivity index (χ3v) is 5.01. The third-order valence-electron chi connectivity index (χ3n) is 5.01. The van der Waals surface area contributed by atoms with Crippen molar-refractivity contribution in [3.63, 3.8) is 0 Å². The molecule has 2 rings (SSSR count). The van der Waals surface area contributed by atoms with E-state index < -0.39 is 0 Å². The summed E-state index contributed by atoms with van der Waals surface area (Å²) >= 11 is 0. The van der Waals surface area contributed by atoms with E-state index in [-0.39, 0.29) is 24.0 Å². The van der Waals surface area contributed by atoms with Crippen molar-refractivity contribution in [3.8, 4) is 0 Å². The number of β-amino-alcohol motifs (C(OH)–C–C–N with tert-alkyl or cyclic N) is 1. The van der Waals surface area contributed by atoms with Crippen LogP contribution in [0, 0.1) is 12.8 Å². The molecule has 0 bridgehead atoms. The number of hydrogen-bond acceptors (Lipinski definition) is 5. The average molecular weight is 379 g/mol. The minimum atomic E-state index is -0.345. The number of methoxy groups -OCH3 is 1. The van der Waals surface area contributed by atoms with E-state index in [1.54, 1.807) is 12.0 Å². The molecule has 1 saturated heterocycles. The maximum atomic E-state index is 12.9. The monoisotopic (exact) mass is 378 g/mol. The maximum Gasteiger partial charge on any atom is 0.254 e. The maximum absolute atomic E-state index is 12.9. The molecule has 0 radical (unpaired) electrons. The summed E-state index contributed by atoms with van der Waals surface area (Å²) in [5, 5.41) is 10.2. The van der Waals surface area contributed by atoms with Crippen molar-refractivity contribution in [2.75, 3.05) is 53.0 Å². The minimum Gasteiger partial charge on any atom is -0.392 e. The van der Waals surface area contributed by atoms with Crippen LogP contribution < -0.4 is 0 Å². The highest BCUT2D eigenvalue weighted by Gasteiger charge is 2.27. The second-order valence-corrected chi connectivity index (χ2v) is 7.67. The van der Waals surface area contributed by atoms with Gasteiger partial charge in [0.25, 0.3) is 5.91 Å². The Bertz CT molecular complexity index is 576. The molecule has 0 aliphatic carbocycles. The van der Waals surface area contributed by atoms with Crippen molar-refractivity contribution in [1.29, 1.82) is 0 Å². The number of carbonyl (C=O) groups is 1. The van der Waals surface area contributed by atoms with Gasteiger partial charge in [0.05, 0.1) is 25.4 Å². The Hall–Kier alpha value is -1.47. The lowest BCUT2D eigenvalue weighted by Crippen LogP contribution is -2.51. The van der Waals surface area contributed by atoms with Crippen molar-refractivity contribution in [3.05, 3.63) is 35.4 Å². The predicted octanol–water partition coefficient (Wildman–Crippen LogP) is 1.80. The number of hydrogen-bond donors (Lipinski definition) is 1. The van der Waals surface area contributed by atoms with E-state index in [0.717, 1.165) is 12.1 Å². The first-order chi connectivity index (χ1) is 12.9. The largest absolute Gasteiger partial charge is 0.392 e. The van der Waals surface area contributed by atoms with Crippen LogP contribution in [0.4, 0.5) is 0 Å². The number of morpholine rings is 1. The van der Waals surface area contributed by atoms with Gasteiger partial charge in [-0.1, -0.05) is 31.5 Å². The predicted molar refractivity (Wildman–Crippen MR) is 106 cm³/mol. The van der Waals surface area contributed by atoms with E-state index in [1.807, 2.05) is 45.0 Å². The summed E-state index contributed by atoms with van der Waals surface area (Å²) < 4.78 is 11.1. The van der Waals surface area contributed by atoms with E-state index in [4.69, 9.17) is 9.47 Å². The summed E-state index contributed by atoms with van der Waals surface area (Å²) in [6, 6.07) is 7.64. The number of aryl methyl sites for hydroxylation is 1. The van der Waals surface area contributed by atoms with Crippen LogP contribution >= 0.6 is 0 Å². The van der Waals surface area contributed by atoms with E-state index in [9.17, 15) is 9.90 Å². The first kappa shape index (κ1) is 21.8. The van der Waals surface area contributed by atoms with Gasteiger partial charge in [0, 0.05) is 45.4 Å². The van der Waals surface area contributed by atoms with Gasteiger partial charge in [0.15, 0.2) is 0 Å². The van der Waals surface area contributed by atoms with Crippen molar-refractivity contribution < 1.29 is 19.4 Å². The fourth-order valence-electron chi connectivity index (χ4n) is 3.13. The smallest absolute Gasteiger partial charge is 0.254 e. The zero-order valence-corrected chi connectivity index (χ0v) is 17.1. The van der Waals surface area contributed by atoms with Gasteiger partial charge in [-0.3, -0.25) is 9.69 Å². The number of benzene rings is 1. The van der Waals surface area contributed by atoms with E-state index in [2.05, 4.69) is 4.90 Å². The normalized spacial score (nSPS) is 19.3. The van der Waals surface area contributed by atoms with Crippen LogP contribution in [0.3, 0.4) is 0 Å². The lowest BCUT2D eigenvalue weighted by Gasteiger charge is -2.37. The Balaban J connectivity index is 1.99. The molecule has 27 heavy (non-hydrogen) atoms. The highest BCUT2D eigenvalue weighted by Crippen LogP contribution is 2.13. The number of aliphatic hydroxyl groups excluding tert-OH is 1. The van der Waals surface area contributed by atoms with Crippen molar-refractivity contribution in [1.82, 2.24) is 9.80 Å². The van der Waals surface area contributed by atoms with E-state index >= 15 is 0 Å². The van der Waals surface area contributed by atoms with Crippen LogP contribution in [-0.2, 0) is 9.47 Å². The first-order valence-corrected chi connectivity index (χ1v) is 9.77. The highest BCUT2D eigenvalue weighted by molar-refractivity contribution is 5.94. The summed E-state index contributed by atoms with van der Waals surface area (Å²) in [7, 11) is 1.64. The molecule has 1 aromatic rings. The summed E-state index contributed by atoms with van der Waals surface area (Å²) in [4.78, 5) is 17.0. The lowest BCUT2D eigenvalue weighted by atomic mass is 10.1. The van der Waals surface area contributed by atoms with Crippen LogP contribution in [-0.4, -0.2) is 86.1 Å². The number of amides is 1. The van der Waals surface area contributed by atoms with Crippen LogP contribution in [0.1, 0.15) is 29.8 Å². The second-order valence-electron chi connectivity index (χ2n) is 7.67. The topological polar surface area (TPSA) is 62.2 Å². The fraction of sp³-hybridized carbons (Fsp3) is 0.667. The SMILES string of the molecule is COCCN(C[C@@H]1CN(C[C@H](O)C(C)C)CCO1)C(=O)c1ccc(C)cc1. The molecule has 1 heterocycles. The van der Waals surface area contributed by atoms with Crippen LogP contribution in [0.15, 0.2) is 24.3 Å². The lowest BCUT2D eigenvalue weighted by molar-refractivity contribution is -0.0551. The number of rotatable bonds is 9. The zero-order valence-electron chi connectivity index (χ0n) is 17.1. The van der Waals surface area contributed by atoms with Crippen LogP contribution in [0.2, 0.25) is 0 Å². The number of nitrogens with zero attached hydrogens (tertiary/aromatic N) is 2. The van der Waals surface area contributed by atoms with Gasteiger partial charge >= 0.3 is 0 Å². The third kappa shape index (κ3) is 6.88. The molecular formula is C21H34N2O4. The first-order valence-electron chi connectivity index (χ1n) is 9.77. The Morgan fingerprint density at radius 1 is 1.37 bits per heavy atom. The molecule has 1 aliphatic rings. The number of carbonyl (C=O) groups excluding carboxylic acids is 1. The second kappa shape index (κ2) is 10.8. The van der Waals surface area contributed by atoms with Crippen molar-refractivity contribution >= 4 is 5.91 Å². The Morgan fingerprint density at radius 3 is 2.70 bits per heavy atom. The molecule has 0 spiro atoms. The molecule has 6 heteroatoms. The molecule has 0 saturated carbocycles. The summed E-state index contributed by atoms with van der Waals surface area (Å²) in [5.74, 6) is 0.225. The van der Waals surface area contributed by atoms with Gasteiger partial charge in [0.1, 0.15) is 0 Å². The number of aliphatic hydroxyl groups is 1. The van der Waals surface area contributed by atoms with Crippen molar-refractivity contribution in [2.24, 2.45) is 5.92 Å². The molecule has 6 nitrogen and oxygen atoms in total. The van der Waals surface area contributed by atoms with Gasteiger partial charge in [-0.05, 0) is 25.0 Å². The average Bonchev–Trinajstić information content (AvgIpc) is 2.65. The molecule has 152 valence electrons. The molecule has 1 amide bonds. The molecular weight excluding hydrogens is 344 g/mol. The number of ether oxygens (including phenoxy) is 2. The zero-order chi connectivity index (χ0) is 19.8. The van der Waals surface area contributed by atoms with E-state index in [1.165, 1.54) is 0 Å². The van der Waals surface area contributed by atoms with Gasteiger partial charge in [-0.2, -0.15) is 0 Å². The Morgan fingerprint density at radius 2 is 2.07 bits per heavy atom. The quantitative estimate of drug-likeness (QED) is 0.710. The molecule has 1 aromatic carbocycles. The Kier molecular flexibility index (Phi) is 8.70. The fourth-order valence-corrected chi connectivity index (χ4v) is 3.13. The van der Waals surface area contributed by atoms with Gasteiger partial charge in [0.2, 0.25) is 0 Å². The molecule has 1 fully saturated rings. The van der Waals surface area contributed by atoms with Gasteiger partial charge in [-0.15, -0.1) is 0 Å².